The molecule has 1 aliphatic rings. The van der Waals surface area contributed by atoms with Crippen LogP contribution in [0.4, 0.5) is 4.39 Å². The van der Waals surface area contributed by atoms with Crippen LogP contribution in [0.3, 0.4) is 0 Å². The summed E-state index contributed by atoms with van der Waals surface area (Å²) in [4.78, 5) is 33.4. The molecular weight excluding hydrogens is 626 g/mol. The first-order valence-corrected chi connectivity index (χ1v) is 16.4. The third kappa shape index (κ3) is 7.08. The lowest BCUT2D eigenvalue weighted by Gasteiger charge is -2.21. The van der Waals surface area contributed by atoms with Gasteiger partial charge in [-0.15, -0.1) is 0 Å². The Morgan fingerprint density at radius 1 is 0.723 bits per heavy atom. The summed E-state index contributed by atoms with van der Waals surface area (Å²) in [6.45, 7) is -0.418. The number of aromatic nitrogens is 1. The molecule has 6 rings (SSSR count). The Hall–Kier alpha value is -4.93. The lowest BCUT2D eigenvalue weighted by molar-refractivity contribution is 0.0505. The van der Waals surface area contributed by atoms with E-state index in [9.17, 15) is 18.5 Å². The fourth-order valence-electron chi connectivity index (χ4n) is 5.09. The number of pyridine rings is 1. The Morgan fingerprint density at radius 3 is 1.91 bits per heavy atom. The molecule has 0 unspecified atom stereocenters. The van der Waals surface area contributed by atoms with Crippen molar-refractivity contribution in [3.63, 3.8) is 0 Å². The third-order valence-corrected chi connectivity index (χ3v) is 8.86. The van der Waals surface area contributed by atoms with Gasteiger partial charge in [-0.3, -0.25) is 24.0 Å². The van der Waals surface area contributed by atoms with Crippen molar-refractivity contribution in [1.82, 2.24) is 9.88 Å². The molecule has 4 aromatic carbocycles. The first kappa shape index (κ1) is 32.0. The van der Waals surface area contributed by atoms with Crippen molar-refractivity contribution < 1.29 is 41.8 Å². The number of fused-ring (bicyclic) bond motifs is 2. The summed E-state index contributed by atoms with van der Waals surface area (Å²) in [5.41, 5.74) is 2.11. The van der Waals surface area contributed by atoms with Gasteiger partial charge < -0.3 is 23.3 Å². The quantitative estimate of drug-likeness (QED) is 0.0701. The summed E-state index contributed by atoms with van der Waals surface area (Å²) in [6.07, 6.45) is 0.924. The predicted octanol–water partition coefficient (Wildman–Crippen LogP) is 7.12. The molecule has 10 nitrogen and oxygen atoms in total. The fraction of sp³-hybridized carbons (Fsp3) is 0.171. The van der Waals surface area contributed by atoms with E-state index < -0.39 is 31.6 Å². The summed E-state index contributed by atoms with van der Waals surface area (Å²) in [5, 5.41) is 0.333. The SMILES string of the molecule is COCOc1c2c(c(OCP(=O)(OCc3ccccc3)OCc3ccccc3)c3cccnc13)C(=O)N(Cc1ccc(F)cc1)C2=O. The van der Waals surface area contributed by atoms with Gasteiger partial charge in [0.1, 0.15) is 22.6 Å². The average molecular weight is 657 g/mol. The van der Waals surface area contributed by atoms with Gasteiger partial charge >= 0.3 is 7.60 Å². The zero-order chi connectivity index (χ0) is 32.8. The Labute approximate surface area is 270 Å². The van der Waals surface area contributed by atoms with Crippen molar-refractivity contribution in [2.24, 2.45) is 0 Å². The molecule has 0 bridgehead atoms. The molecule has 0 spiro atoms. The van der Waals surface area contributed by atoms with Crippen LogP contribution in [-0.4, -0.2) is 41.9 Å². The second-order valence-corrected chi connectivity index (χ2v) is 12.6. The van der Waals surface area contributed by atoms with Crippen LogP contribution in [0.15, 0.2) is 103 Å². The monoisotopic (exact) mass is 656 g/mol. The van der Waals surface area contributed by atoms with Crippen LogP contribution in [0.5, 0.6) is 11.5 Å². The zero-order valence-electron chi connectivity index (χ0n) is 25.3. The molecule has 240 valence electrons. The molecule has 5 aromatic rings. The standard InChI is InChI=1S/C35H30FN2O8P/c1-42-22-43-33-30-29(34(39)38(35(30)40)19-24-14-16-27(36)17-15-24)32(28-13-8-18-37-31(28)33)44-23-47(41,45-20-25-9-4-2-5-10-25)46-21-26-11-6-3-7-12-26/h2-18H,19-23H2,1H3. The highest BCUT2D eigenvalue weighted by Crippen LogP contribution is 2.52. The largest absolute Gasteiger partial charge is 0.479 e. The van der Waals surface area contributed by atoms with Gasteiger partial charge in [0.2, 0.25) is 0 Å². The normalized spacial score (nSPS) is 12.9. The van der Waals surface area contributed by atoms with Crippen molar-refractivity contribution >= 4 is 30.3 Å². The van der Waals surface area contributed by atoms with E-state index in [1.807, 2.05) is 60.7 Å². The molecule has 0 saturated heterocycles. The van der Waals surface area contributed by atoms with Crippen molar-refractivity contribution in [2.45, 2.75) is 19.8 Å². The molecule has 47 heavy (non-hydrogen) atoms. The predicted molar refractivity (Wildman–Crippen MR) is 170 cm³/mol. The number of rotatable bonds is 14. The number of halogens is 1. The van der Waals surface area contributed by atoms with E-state index in [-0.39, 0.29) is 54.7 Å². The Balaban J connectivity index is 1.38. The first-order valence-electron chi connectivity index (χ1n) is 14.6. The molecular formula is C35H30FN2O8P. The van der Waals surface area contributed by atoms with Crippen molar-refractivity contribution in [2.75, 3.05) is 20.3 Å². The van der Waals surface area contributed by atoms with Crippen LogP contribution in [-0.2, 0) is 38.1 Å². The molecule has 0 aliphatic carbocycles. The molecule has 0 saturated carbocycles. The highest BCUT2D eigenvalue weighted by Gasteiger charge is 2.43. The maximum absolute atomic E-state index is 14.2. The summed E-state index contributed by atoms with van der Waals surface area (Å²) in [6, 6.07) is 27.1. The average Bonchev–Trinajstić information content (AvgIpc) is 3.35. The third-order valence-electron chi connectivity index (χ3n) is 7.37. The smallest absolute Gasteiger partial charge is 0.368 e. The van der Waals surface area contributed by atoms with Crippen molar-refractivity contribution in [3.8, 4) is 11.5 Å². The fourth-order valence-corrected chi connectivity index (χ4v) is 6.30. The highest BCUT2D eigenvalue weighted by atomic mass is 31.2. The minimum atomic E-state index is -4.00. The van der Waals surface area contributed by atoms with Crippen LogP contribution < -0.4 is 9.47 Å². The van der Waals surface area contributed by atoms with Crippen LogP contribution in [0.2, 0.25) is 0 Å². The van der Waals surface area contributed by atoms with E-state index in [1.165, 1.54) is 37.6 Å². The second kappa shape index (κ2) is 14.2. The maximum Gasteiger partial charge on any atom is 0.368 e. The van der Waals surface area contributed by atoms with E-state index in [1.54, 1.807) is 12.1 Å². The van der Waals surface area contributed by atoms with Gasteiger partial charge in [-0.2, -0.15) is 0 Å². The molecule has 2 heterocycles. The molecule has 12 heteroatoms. The number of hydrogen-bond acceptors (Lipinski definition) is 9. The summed E-state index contributed by atoms with van der Waals surface area (Å²) in [5.74, 6) is -1.79. The number of amides is 2. The number of carbonyl (C=O) groups is 2. The first-order chi connectivity index (χ1) is 22.9. The lowest BCUT2D eigenvalue weighted by Crippen LogP contribution is -2.29. The lowest BCUT2D eigenvalue weighted by atomic mass is 10.0. The van der Waals surface area contributed by atoms with Gasteiger partial charge in [0.25, 0.3) is 11.8 Å². The van der Waals surface area contributed by atoms with Crippen molar-refractivity contribution in [3.05, 3.63) is 137 Å². The molecule has 2 amide bonds. The molecule has 0 radical (unpaired) electrons. The maximum atomic E-state index is 14.2. The van der Waals surface area contributed by atoms with Crippen molar-refractivity contribution in [1.29, 1.82) is 0 Å². The summed E-state index contributed by atoms with van der Waals surface area (Å²) >= 11 is 0. The van der Waals surface area contributed by atoms with Crippen LogP contribution in [0.25, 0.3) is 10.9 Å². The number of hydrogen-bond donors (Lipinski definition) is 0. The minimum absolute atomic E-state index is 0.0245. The van der Waals surface area contributed by atoms with Gasteiger partial charge in [0.05, 0.1) is 25.3 Å². The molecule has 0 atom stereocenters. The Morgan fingerprint density at radius 2 is 1.32 bits per heavy atom. The number of imide groups is 1. The number of nitrogens with zero attached hydrogens (tertiary/aromatic N) is 2. The number of ether oxygens (including phenoxy) is 3. The van der Waals surface area contributed by atoms with Gasteiger partial charge in [0, 0.05) is 18.7 Å². The molecule has 0 N–H and O–H groups in total. The van der Waals surface area contributed by atoms with Gasteiger partial charge in [-0.1, -0.05) is 72.8 Å². The summed E-state index contributed by atoms with van der Waals surface area (Å²) < 4.78 is 56.7. The van der Waals surface area contributed by atoms with Crippen LogP contribution in [0.1, 0.15) is 37.4 Å². The highest BCUT2D eigenvalue weighted by molar-refractivity contribution is 7.53. The number of methoxy groups -OCH3 is 1. The van der Waals surface area contributed by atoms with Gasteiger partial charge in [0.15, 0.2) is 18.9 Å². The van der Waals surface area contributed by atoms with Crippen LogP contribution in [0, 0.1) is 5.82 Å². The molecule has 1 aromatic heterocycles. The summed E-state index contributed by atoms with van der Waals surface area (Å²) in [7, 11) is -2.58. The van der Waals surface area contributed by atoms with E-state index in [4.69, 9.17) is 23.3 Å². The Kier molecular flexibility index (Phi) is 9.70. The van der Waals surface area contributed by atoms with Gasteiger partial charge in [-0.25, -0.2) is 4.39 Å². The number of carbonyl (C=O) groups excluding carboxylic acids is 2. The second-order valence-electron chi connectivity index (χ2n) is 10.6. The zero-order valence-corrected chi connectivity index (χ0v) is 26.2. The topological polar surface area (TPSA) is 113 Å². The van der Waals surface area contributed by atoms with E-state index in [2.05, 4.69) is 4.98 Å². The van der Waals surface area contributed by atoms with Gasteiger partial charge in [-0.05, 0) is 41.0 Å². The Bertz CT molecular complexity index is 1890. The molecule has 0 fully saturated rings. The van der Waals surface area contributed by atoms with E-state index in [0.29, 0.717) is 10.9 Å². The van der Waals surface area contributed by atoms with E-state index >= 15 is 0 Å². The van der Waals surface area contributed by atoms with E-state index in [0.717, 1.165) is 16.0 Å². The van der Waals surface area contributed by atoms with Crippen LogP contribution >= 0.6 is 7.60 Å². The molecule has 1 aliphatic heterocycles. The minimum Gasteiger partial charge on any atom is -0.479 e. The number of benzene rings is 4.